The van der Waals surface area contributed by atoms with Gasteiger partial charge in [-0.2, -0.15) is 0 Å². The first-order chi connectivity index (χ1) is 7.92. The molecule has 0 radical (unpaired) electrons. The molecular formula is C14H19NS. The van der Waals surface area contributed by atoms with Gasteiger partial charge in [0.2, 0.25) is 0 Å². The smallest absolute Gasteiger partial charge is 0.0345 e. The molecule has 0 aliphatic carbocycles. The Morgan fingerprint density at radius 3 is 2.88 bits per heavy atom. The van der Waals surface area contributed by atoms with Crippen LogP contribution in [0.4, 0.5) is 0 Å². The fourth-order valence-electron chi connectivity index (χ4n) is 2.02. The Balaban J connectivity index is 1.89. The van der Waals surface area contributed by atoms with Gasteiger partial charge in [0.25, 0.3) is 0 Å². The Morgan fingerprint density at radius 2 is 2.00 bits per heavy atom. The van der Waals surface area contributed by atoms with Crippen LogP contribution in [0.1, 0.15) is 24.8 Å². The van der Waals surface area contributed by atoms with Crippen molar-refractivity contribution in [3.05, 3.63) is 35.2 Å². The molecule has 0 spiro atoms. The van der Waals surface area contributed by atoms with Gasteiger partial charge in [-0.25, -0.2) is 0 Å². The van der Waals surface area contributed by atoms with Crippen LogP contribution in [0.2, 0.25) is 0 Å². The third-order valence-corrected chi connectivity index (χ3v) is 3.95. The van der Waals surface area contributed by atoms with Crippen LogP contribution in [0.3, 0.4) is 0 Å². The van der Waals surface area contributed by atoms with Gasteiger partial charge in [-0.15, -0.1) is 11.3 Å². The molecule has 2 heteroatoms. The highest BCUT2D eigenvalue weighted by atomic mass is 32.1. The van der Waals surface area contributed by atoms with Crippen molar-refractivity contribution in [1.29, 1.82) is 0 Å². The van der Waals surface area contributed by atoms with E-state index in [1.807, 2.05) is 18.4 Å². The second-order valence-corrected chi connectivity index (χ2v) is 5.08. The summed E-state index contributed by atoms with van der Waals surface area (Å²) in [6.07, 6.45) is 5.15. The number of thiophene rings is 1. The van der Waals surface area contributed by atoms with E-state index in [-0.39, 0.29) is 0 Å². The molecule has 1 nitrogen and oxygen atoms in total. The van der Waals surface area contributed by atoms with E-state index in [4.69, 9.17) is 0 Å². The highest BCUT2D eigenvalue weighted by molar-refractivity contribution is 7.17. The largest absolute Gasteiger partial charge is 0.320 e. The molecule has 0 saturated carbocycles. The maximum atomic E-state index is 3.19. The van der Waals surface area contributed by atoms with Crippen molar-refractivity contribution < 1.29 is 0 Å². The quantitative estimate of drug-likeness (QED) is 0.748. The Kier molecular flexibility index (Phi) is 4.37. The minimum atomic E-state index is 1.14. The summed E-state index contributed by atoms with van der Waals surface area (Å²) in [5.41, 5.74) is 1.53. The molecule has 0 aliphatic rings. The van der Waals surface area contributed by atoms with E-state index in [0.717, 1.165) is 6.54 Å². The van der Waals surface area contributed by atoms with Crippen LogP contribution < -0.4 is 5.32 Å². The van der Waals surface area contributed by atoms with Crippen LogP contribution >= 0.6 is 11.3 Å². The standard InChI is InChI=1S/C14H19NS/c1-15-10-6-2-3-7-12-11-16-14-9-5-4-8-13(12)14/h4-5,8-9,11,15H,2-3,6-7,10H2,1H3. The lowest BCUT2D eigenvalue weighted by molar-refractivity contribution is 0.644. The van der Waals surface area contributed by atoms with Gasteiger partial charge < -0.3 is 5.32 Å². The number of hydrogen-bond acceptors (Lipinski definition) is 2. The third kappa shape index (κ3) is 2.83. The molecule has 1 N–H and O–H groups in total. The molecule has 0 saturated heterocycles. The van der Waals surface area contributed by atoms with Crippen LogP contribution in [0.25, 0.3) is 10.1 Å². The molecule has 0 aliphatic heterocycles. The van der Waals surface area contributed by atoms with Gasteiger partial charge in [0.1, 0.15) is 0 Å². The van der Waals surface area contributed by atoms with Crippen LogP contribution in [0, 0.1) is 0 Å². The number of nitrogens with one attached hydrogen (secondary N) is 1. The lowest BCUT2D eigenvalue weighted by Gasteiger charge is -2.00. The van der Waals surface area contributed by atoms with Crippen molar-refractivity contribution in [3.8, 4) is 0 Å². The number of benzene rings is 1. The van der Waals surface area contributed by atoms with Crippen LogP contribution in [0.5, 0.6) is 0 Å². The lowest BCUT2D eigenvalue weighted by atomic mass is 10.1. The SMILES string of the molecule is CNCCCCCc1csc2ccccc12. The van der Waals surface area contributed by atoms with E-state index in [9.17, 15) is 0 Å². The summed E-state index contributed by atoms with van der Waals surface area (Å²) in [5, 5.41) is 6.97. The first-order valence-corrected chi connectivity index (χ1v) is 6.89. The maximum absolute atomic E-state index is 3.19. The molecule has 1 aromatic heterocycles. The van der Waals surface area contributed by atoms with E-state index in [1.165, 1.54) is 41.3 Å². The van der Waals surface area contributed by atoms with Crippen LogP contribution in [-0.2, 0) is 6.42 Å². The summed E-state index contributed by atoms with van der Waals surface area (Å²) in [5.74, 6) is 0. The molecule has 0 amide bonds. The van der Waals surface area contributed by atoms with Crippen molar-refractivity contribution in [2.45, 2.75) is 25.7 Å². The normalized spacial score (nSPS) is 11.1. The molecule has 0 bridgehead atoms. The molecule has 2 aromatic rings. The minimum absolute atomic E-state index is 1.14. The minimum Gasteiger partial charge on any atom is -0.320 e. The summed E-state index contributed by atoms with van der Waals surface area (Å²) in [7, 11) is 2.02. The predicted molar refractivity (Wildman–Crippen MR) is 73.3 cm³/mol. The summed E-state index contributed by atoms with van der Waals surface area (Å²) >= 11 is 1.87. The molecule has 0 unspecified atom stereocenters. The van der Waals surface area contributed by atoms with Gasteiger partial charge >= 0.3 is 0 Å². The first kappa shape index (κ1) is 11.6. The molecule has 1 heterocycles. The predicted octanol–water partition coefficient (Wildman–Crippen LogP) is 3.83. The number of rotatable bonds is 6. The first-order valence-electron chi connectivity index (χ1n) is 6.01. The molecule has 86 valence electrons. The molecule has 1 aromatic carbocycles. The fourth-order valence-corrected chi connectivity index (χ4v) is 3.02. The summed E-state index contributed by atoms with van der Waals surface area (Å²) in [6.45, 7) is 1.14. The molecular weight excluding hydrogens is 214 g/mol. The Morgan fingerprint density at radius 1 is 1.12 bits per heavy atom. The average Bonchev–Trinajstić information content (AvgIpc) is 2.73. The van der Waals surface area contributed by atoms with Crippen molar-refractivity contribution in [2.24, 2.45) is 0 Å². The number of hydrogen-bond donors (Lipinski definition) is 1. The molecule has 0 fully saturated rings. The zero-order valence-electron chi connectivity index (χ0n) is 9.83. The summed E-state index contributed by atoms with van der Waals surface area (Å²) < 4.78 is 1.42. The van der Waals surface area contributed by atoms with Crippen molar-refractivity contribution in [2.75, 3.05) is 13.6 Å². The number of unbranched alkanes of at least 4 members (excludes halogenated alkanes) is 2. The van der Waals surface area contributed by atoms with Gasteiger partial charge in [-0.1, -0.05) is 24.6 Å². The zero-order valence-corrected chi connectivity index (χ0v) is 10.6. The number of aryl methyl sites for hydroxylation is 1. The van der Waals surface area contributed by atoms with E-state index in [1.54, 1.807) is 0 Å². The Hall–Kier alpha value is -0.860. The van der Waals surface area contributed by atoms with Gasteiger partial charge in [0.05, 0.1) is 0 Å². The average molecular weight is 233 g/mol. The second-order valence-electron chi connectivity index (χ2n) is 4.17. The molecule has 16 heavy (non-hydrogen) atoms. The van der Waals surface area contributed by atoms with Gasteiger partial charge in [-0.3, -0.25) is 0 Å². The Bertz CT molecular complexity index is 433. The summed E-state index contributed by atoms with van der Waals surface area (Å²) in [4.78, 5) is 0. The highest BCUT2D eigenvalue weighted by Crippen LogP contribution is 2.26. The highest BCUT2D eigenvalue weighted by Gasteiger charge is 2.02. The van der Waals surface area contributed by atoms with Gasteiger partial charge in [-0.05, 0) is 55.3 Å². The molecule has 2 rings (SSSR count). The van der Waals surface area contributed by atoms with E-state index >= 15 is 0 Å². The van der Waals surface area contributed by atoms with Crippen LogP contribution in [0.15, 0.2) is 29.6 Å². The third-order valence-electron chi connectivity index (χ3n) is 2.93. The van der Waals surface area contributed by atoms with E-state index in [2.05, 4.69) is 35.0 Å². The van der Waals surface area contributed by atoms with Crippen molar-refractivity contribution >= 4 is 21.4 Å². The van der Waals surface area contributed by atoms with Crippen molar-refractivity contribution in [1.82, 2.24) is 5.32 Å². The second kappa shape index (κ2) is 6.02. The molecule has 0 atom stereocenters. The lowest BCUT2D eigenvalue weighted by Crippen LogP contribution is -2.07. The fraction of sp³-hybridized carbons (Fsp3) is 0.429. The van der Waals surface area contributed by atoms with E-state index < -0.39 is 0 Å². The zero-order chi connectivity index (χ0) is 11.2. The van der Waals surface area contributed by atoms with Gasteiger partial charge in [0, 0.05) is 4.70 Å². The topological polar surface area (TPSA) is 12.0 Å². The van der Waals surface area contributed by atoms with Crippen LogP contribution in [-0.4, -0.2) is 13.6 Å². The number of fused-ring (bicyclic) bond motifs is 1. The maximum Gasteiger partial charge on any atom is 0.0345 e. The Labute approximate surface area is 101 Å². The summed E-state index contributed by atoms with van der Waals surface area (Å²) in [6, 6.07) is 8.72. The van der Waals surface area contributed by atoms with Crippen molar-refractivity contribution in [3.63, 3.8) is 0 Å². The monoisotopic (exact) mass is 233 g/mol. The van der Waals surface area contributed by atoms with E-state index in [0.29, 0.717) is 0 Å². The van der Waals surface area contributed by atoms with Gasteiger partial charge in [0.15, 0.2) is 0 Å².